The Balaban J connectivity index is 2.03. The molecule has 21 heavy (non-hydrogen) atoms. The minimum absolute atomic E-state index is 0.00201. The Morgan fingerprint density at radius 2 is 1.95 bits per heavy atom. The monoisotopic (exact) mass is 298 g/mol. The number of hydrogen-bond donors (Lipinski definition) is 2. The van der Waals surface area contributed by atoms with Gasteiger partial charge in [-0.05, 0) is 33.6 Å². The third-order valence-corrected chi connectivity index (χ3v) is 4.28. The lowest BCUT2D eigenvalue weighted by atomic mass is 9.93. The lowest BCUT2D eigenvalue weighted by Crippen LogP contribution is -2.60. The fraction of sp³-hybridized carbons (Fsp3) is 0.867. The fourth-order valence-corrected chi connectivity index (χ4v) is 3.60. The number of carbonyl (C=O) groups excluding carboxylic acids is 1. The molecule has 0 bridgehead atoms. The van der Waals surface area contributed by atoms with Crippen LogP contribution in [0, 0.1) is 0 Å². The number of nitrogens with one attached hydrogen (secondary N) is 1. The minimum atomic E-state index is -0.854. The van der Waals surface area contributed by atoms with E-state index in [0.29, 0.717) is 13.1 Å². The molecule has 6 heteroatoms. The van der Waals surface area contributed by atoms with Crippen molar-refractivity contribution in [3.63, 3.8) is 0 Å². The number of amides is 2. The number of ether oxygens (including phenoxy) is 1. The van der Waals surface area contributed by atoms with E-state index in [-0.39, 0.29) is 24.2 Å². The molecule has 2 fully saturated rings. The Morgan fingerprint density at radius 1 is 1.33 bits per heavy atom. The summed E-state index contributed by atoms with van der Waals surface area (Å²) in [5.74, 6) is -0.854. The molecule has 0 aromatic heterocycles. The molecule has 0 aromatic carbocycles. The van der Waals surface area contributed by atoms with Gasteiger partial charge in [0.2, 0.25) is 0 Å². The number of carboxylic acid groups (broad SMARTS) is 1. The molecule has 1 unspecified atom stereocenters. The van der Waals surface area contributed by atoms with Gasteiger partial charge in [0.05, 0.1) is 30.2 Å². The maximum atomic E-state index is 12.5. The Hall–Kier alpha value is -1.30. The summed E-state index contributed by atoms with van der Waals surface area (Å²) in [5, 5.41) is 12.1. The molecule has 1 heterocycles. The summed E-state index contributed by atoms with van der Waals surface area (Å²) in [6, 6.07) is -0.165. The summed E-state index contributed by atoms with van der Waals surface area (Å²) in [7, 11) is 0. The minimum Gasteiger partial charge on any atom is -0.481 e. The number of urea groups is 1. The van der Waals surface area contributed by atoms with Crippen LogP contribution in [0.1, 0.15) is 52.9 Å². The van der Waals surface area contributed by atoms with E-state index in [0.717, 1.165) is 25.7 Å². The van der Waals surface area contributed by atoms with Crippen molar-refractivity contribution < 1.29 is 19.4 Å². The maximum absolute atomic E-state index is 12.5. The summed E-state index contributed by atoms with van der Waals surface area (Å²) in [5.41, 5.74) is -0.945. The highest BCUT2D eigenvalue weighted by Gasteiger charge is 2.40. The van der Waals surface area contributed by atoms with Crippen molar-refractivity contribution in [1.82, 2.24) is 10.2 Å². The van der Waals surface area contributed by atoms with Crippen molar-refractivity contribution in [3.8, 4) is 0 Å². The van der Waals surface area contributed by atoms with E-state index in [1.165, 1.54) is 0 Å². The Morgan fingerprint density at radius 3 is 2.48 bits per heavy atom. The first-order valence-corrected chi connectivity index (χ1v) is 7.68. The van der Waals surface area contributed by atoms with Crippen molar-refractivity contribution in [3.05, 3.63) is 0 Å². The van der Waals surface area contributed by atoms with Crippen molar-refractivity contribution >= 4 is 12.0 Å². The predicted molar refractivity (Wildman–Crippen MR) is 78.2 cm³/mol. The topological polar surface area (TPSA) is 78.9 Å². The number of rotatable bonds is 3. The molecule has 2 amide bonds. The van der Waals surface area contributed by atoms with E-state index >= 15 is 0 Å². The third-order valence-electron chi connectivity index (χ3n) is 4.28. The zero-order valence-electron chi connectivity index (χ0n) is 13.1. The number of hydrogen-bond acceptors (Lipinski definition) is 3. The molecule has 120 valence electrons. The van der Waals surface area contributed by atoms with Crippen LogP contribution >= 0.6 is 0 Å². The fourth-order valence-electron chi connectivity index (χ4n) is 3.60. The first kappa shape index (κ1) is 16.1. The molecule has 6 nitrogen and oxygen atoms in total. The quantitative estimate of drug-likeness (QED) is 0.835. The van der Waals surface area contributed by atoms with Gasteiger partial charge in [-0.1, -0.05) is 12.8 Å². The van der Waals surface area contributed by atoms with Gasteiger partial charge in [-0.15, -0.1) is 0 Å². The van der Waals surface area contributed by atoms with Gasteiger partial charge >= 0.3 is 12.0 Å². The van der Waals surface area contributed by atoms with Crippen molar-refractivity contribution in [2.24, 2.45) is 0 Å². The van der Waals surface area contributed by atoms with Crippen molar-refractivity contribution in [2.75, 3.05) is 13.1 Å². The van der Waals surface area contributed by atoms with Gasteiger partial charge in [-0.25, -0.2) is 4.79 Å². The highest BCUT2D eigenvalue weighted by atomic mass is 16.5. The van der Waals surface area contributed by atoms with Gasteiger partial charge in [-0.3, -0.25) is 4.79 Å². The van der Waals surface area contributed by atoms with E-state index in [1.54, 1.807) is 4.90 Å². The molecule has 2 aliphatic rings. The van der Waals surface area contributed by atoms with Crippen LogP contribution in [0.5, 0.6) is 0 Å². The standard InChI is InChI=1S/C15H26N2O4/c1-11-9-17(10-14(2,3)21-11)13(20)16-15(8-12(18)19)6-4-5-7-15/h11H,4-10H2,1-3H3,(H,16,20)(H,18,19). The predicted octanol–water partition coefficient (Wildman–Crippen LogP) is 1.98. The second-order valence-electron chi connectivity index (χ2n) is 7.06. The van der Waals surface area contributed by atoms with Crippen LogP contribution in [0.2, 0.25) is 0 Å². The van der Waals surface area contributed by atoms with E-state index in [4.69, 9.17) is 9.84 Å². The number of carboxylic acids is 1. The van der Waals surface area contributed by atoms with Gasteiger partial charge in [-0.2, -0.15) is 0 Å². The second-order valence-corrected chi connectivity index (χ2v) is 7.06. The van der Waals surface area contributed by atoms with Crippen molar-refractivity contribution in [2.45, 2.75) is 70.1 Å². The van der Waals surface area contributed by atoms with Crippen LogP contribution in [0.25, 0.3) is 0 Å². The molecule has 1 atom stereocenters. The summed E-state index contributed by atoms with van der Waals surface area (Å²) < 4.78 is 5.80. The lowest BCUT2D eigenvalue weighted by molar-refractivity contribution is -0.138. The molecule has 1 saturated carbocycles. The number of nitrogens with zero attached hydrogens (tertiary/aromatic N) is 1. The molecular weight excluding hydrogens is 272 g/mol. The number of morpholine rings is 1. The van der Waals surface area contributed by atoms with Crippen LogP contribution in [-0.2, 0) is 9.53 Å². The van der Waals surface area contributed by atoms with E-state index in [1.807, 2.05) is 20.8 Å². The Labute approximate surface area is 125 Å². The molecule has 0 spiro atoms. The zero-order valence-corrected chi connectivity index (χ0v) is 13.1. The van der Waals surface area contributed by atoms with Crippen molar-refractivity contribution in [1.29, 1.82) is 0 Å². The van der Waals surface area contributed by atoms with Crippen LogP contribution < -0.4 is 5.32 Å². The lowest BCUT2D eigenvalue weighted by Gasteiger charge is -2.43. The summed E-state index contributed by atoms with van der Waals surface area (Å²) >= 11 is 0. The molecule has 1 saturated heterocycles. The highest BCUT2D eigenvalue weighted by molar-refractivity contribution is 5.77. The SMILES string of the molecule is CC1CN(C(=O)NC2(CC(=O)O)CCCC2)CC(C)(C)O1. The van der Waals surface area contributed by atoms with Gasteiger partial charge in [0.1, 0.15) is 0 Å². The molecule has 0 radical (unpaired) electrons. The van der Waals surface area contributed by atoms with Gasteiger partial charge in [0.15, 0.2) is 0 Å². The molecule has 2 rings (SSSR count). The molecule has 1 aliphatic heterocycles. The number of carbonyl (C=O) groups is 2. The van der Waals surface area contributed by atoms with Gasteiger partial charge in [0, 0.05) is 6.54 Å². The van der Waals surface area contributed by atoms with Crippen LogP contribution in [-0.4, -0.2) is 52.3 Å². The van der Waals surface area contributed by atoms with Gasteiger partial charge < -0.3 is 20.1 Å². The second kappa shape index (κ2) is 5.83. The molecular formula is C15H26N2O4. The normalized spacial score (nSPS) is 27.4. The van der Waals surface area contributed by atoms with Gasteiger partial charge in [0.25, 0.3) is 0 Å². The highest BCUT2D eigenvalue weighted by Crippen LogP contribution is 2.33. The Kier molecular flexibility index (Phi) is 4.46. The summed E-state index contributed by atoms with van der Waals surface area (Å²) in [4.78, 5) is 25.4. The van der Waals surface area contributed by atoms with Crippen LogP contribution in [0.15, 0.2) is 0 Å². The summed E-state index contributed by atoms with van der Waals surface area (Å²) in [6.07, 6.45) is 3.42. The average Bonchev–Trinajstić information content (AvgIpc) is 2.73. The zero-order chi connectivity index (χ0) is 15.7. The largest absolute Gasteiger partial charge is 0.481 e. The van der Waals surface area contributed by atoms with E-state index < -0.39 is 11.5 Å². The smallest absolute Gasteiger partial charge is 0.318 e. The molecule has 2 N–H and O–H groups in total. The first-order valence-electron chi connectivity index (χ1n) is 7.68. The van der Waals surface area contributed by atoms with Crippen LogP contribution in [0.4, 0.5) is 4.79 Å². The first-order chi connectivity index (χ1) is 9.71. The Bertz CT molecular complexity index is 416. The van der Waals surface area contributed by atoms with E-state index in [2.05, 4.69) is 5.32 Å². The summed E-state index contributed by atoms with van der Waals surface area (Å²) in [6.45, 7) is 6.94. The molecule has 1 aliphatic carbocycles. The maximum Gasteiger partial charge on any atom is 0.318 e. The number of aliphatic carboxylic acids is 1. The average molecular weight is 298 g/mol. The third kappa shape index (κ3) is 4.09. The van der Waals surface area contributed by atoms with E-state index in [9.17, 15) is 9.59 Å². The molecule has 0 aromatic rings. The van der Waals surface area contributed by atoms with Crippen LogP contribution in [0.3, 0.4) is 0 Å².